The quantitative estimate of drug-likeness (QED) is 0.795. The molecule has 2 heterocycles. The Morgan fingerprint density at radius 3 is 2.80 bits per heavy atom. The van der Waals surface area contributed by atoms with E-state index >= 15 is 0 Å². The molecule has 1 saturated heterocycles. The Labute approximate surface area is 125 Å². The van der Waals surface area contributed by atoms with E-state index in [9.17, 15) is 4.79 Å². The van der Waals surface area contributed by atoms with Crippen molar-refractivity contribution in [3.8, 4) is 0 Å². The lowest BCUT2D eigenvalue weighted by Crippen LogP contribution is -3.13. The minimum absolute atomic E-state index is 0.0417. The molecule has 0 aliphatic carbocycles. The molecular weight excluding hydrogens is 268 g/mol. The number of nitrogens with one attached hydrogen (secondary N) is 2. The maximum atomic E-state index is 11.9. The van der Waals surface area contributed by atoms with E-state index in [0.29, 0.717) is 6.04 Å². The van der Waals surface area contributed by atoms with Gasteiger partial charge in [-0.3, -0.25) is 4.79 Å². The molecule has 4 heteroatoms. The van der Waals surface area contributed by atoms with Crippen molar-refractivity contribution >= 4 is 23.3 Å². The van der Waals surface area contributed by atoms with E-state index in [2.05, 4.69) is 31.3 Å². The number of quaternary nitrogens is 1. The summed E-state index contributed by atoms with van der Waals surface area (Å²) >= 11 is 1.71. The molecule has 3 nitrogen and oxygen atoms in total. The fourth-order valence-corrected chi connectivity index (χ4v) is 3.50. The summed E-state index contributed by atoms with van der Waals surface area (Å²) in [6.07, 6.45) is 7.02. The Kier molecular flexibility index (Phi) is 5.80. The third kappa shape index (κ3) is 4.76. The molecule has 1 fully saturated rings. The number of carbonyl (C=O) groups excluding carboxylic acids is 1. The third-order valence-electron chi connectivity index (χ3n) is 3.80. The second-order valence-electron chi connectivity index (χ2n) is 5.56. The van der Waals surface area contributed by atoms with Crippen molar-refractivity contribution < 1.29 is 9.69 Å². The van der Waals surface area contributed by atoms with E-state index < -0.39 is 0 Å². The standard InChI is InChI=1S/C16H24N2OS/c1-3-10-18-11-8-14(9-12-18)17-16(19)7-6-15-5-4-13(2)20-15/h4-7,14H,3,8-12H2,1-2H3,(H,17,19)/p+1/b7-6+. The summed E-state index contributed by atoms with van der Waals surface area (Å²) in [5.41, 5.74) is 0. The van der Waals surface area contributed by atoms with Crippen molar-refractivity contribution in [2.75, 3.05) is 19.6 Å². The zero-order chi connectivity index (χ0) is 14.4. The van der Waals surface area contributed by atoms with Gasteiger partial charge in [-0.2, -0.15) is 0 Å². The van der Waals surface area contributed by atoms with E-state index in [-0.39, 0.29) is 5.91 Å². The number of rotatable bonds is 5. The maximum Gasteiger partial charge on any atom is 0.244 e. The highest BCUT2D eigenvalue weighted by molar-refractivity contribution is 7.12. The molecule has 0 saturated carbocycles. The summed E-state index contributed by atoms with van der Waals surface area (Å²) in [6, 6.07) is 4.49. The fourth-order valence-electron chi connectivity index (χ4n) is 2.72. The van der Waals surface area contributed by atoms with Crippen LogP contribution in [0.15, 0.2) is 18.2 Å². The molecule has 0 aromatic carbocycles. The lowest BCUT2D eigenvalue weighted by atomic mass is 10.0. The van der Waals surface area contributed by atoms with Gasteiger partial charge in [-0.25, -0.2) is 0 Å². The number of piperidine rings is 1. The van der Waals surface area contributed by atoms with E-state index in [4.69, 9.17) is 0 Å². The van der Waals surface area contributed by atoms with Crippen LogP contribution in [0.3, 0.4) is 0 Å². The molecule has 1 aromatic rings. The van der Waals surface area contributed by atoms with E-state index in [0.717, 1.165) is 17.7 Å². The van der Waals surface area contributed by atoms with Gasteiger partial charge in [0.1, 0.15) is 0 Å². The highest BCUT2D eigenvalue weighted by atomic mass is 32.1. The van der Waals surface area contributed by atoms with Crippen molar-refractivity contribution in [2.24, 2.45) is 0 Å². The highest BCUT2D eigenvalue weighted by Gasteiger charge is 2.21. The van der Waals surface area contributed by atoms with Gasteiger partial charge < -0.3 is 10.2 Å². The van der Waals surface area contributed by atoms with Crippen LogP contribution >= 0.6 is 11.3 Å². The number of likely N-dealkylation sites (tertiary alicyclic amines) is 1. The first-order chi connectivity index (χ1) is 9.67. The minimum Gasteiger partial charge on any atom is -0.349 e. The summed E-state index contributed by atoms with van der Waals surface area (Å²) in [5.74, 6) is 0.0417. The normalized spacial score (nSPS) is 23.1. The van der Waals surface area contributed by atoms with Gasteiger partial charge in [0, 0.05) is 34.7 Å². The first-order valence-corrected chi connectivity index (χ1v) is 8.37. The van der Waals surface area contributed by atoms with Gasteiger partial charge in [0.2, 0.25) is 5.91 Å². The Hall–Kier alpha value is -1.13. The van der Waals surface area contributed by atoms with Crippen LogP contribution in [-0.2, 0) is 4.79 Å². The van der Waals surface area contributed by atoms with Gasteiger partial charge in [-0.15, -0.1) is 11.3 Å². The van der Waals surface area contributed by atoms with E-state index in [1.165, 1.54) is 30.9 Å². The van der Waals surface area contributed by atoms with E-state index in [1.54, 1.807) is 22.3 Å². The molecule has 0 bridgehead atoms. The molecule has 0 atom stereocenters. The molecule has 0 spiro atoms. The molecule has 1 aromatic heterocycles. The zero-order valence-electron chi connectivity index (χ0n) is 12.4. The number of amides is 1. The molecule has 0 radical (unpaired) electrons. The molecule has 1 aliphatic rings. The highest BCUT2D eigenvalue weighted by Crippen LogP contribution is 2.16. The Morgan fingerprint density at radius 1 is 1.45 bits per heavy atom. The molecule has 2 rings (SSSR count). The zero-order valence-corrected chi connectivity index (χ0v) is 13.3. The number of thiophene rings is 1. The smallest absolute Gasteiger partial charge is 0.244 e. The number of carbonyl (C=O) groups is 1. The van der Waals surface area contributed by atoms with Crippen molar-refractivity contribution in [3.05, 3.63) is 28.0 Å². The van der Waals surface area contributed by atoms with Gasteiger partial charge in [-0.05, 0) is 31.6 Å². The second-order valence-corrected chi connectivity index (χ2v) is 6.88. The summed E-state index contributed by atoms with van der Waals surface area (Å²) in [5, 5.41) is 3.12. The Morgan fingerprint density at radius 2 is 2.20 bits per heavy atom. The summed E-state index contributed by atoms with van der Waals surface area (Å²) in [6.45, 7) is 7.95. The van der Waals surface area contributed by atoms with Crippen molar-refractivity contribution in [2.45, 2.75) is 39.2 Å². The first-order valence-electron chi connectivity index (χ1n) is 7.56. The largest absolute Gasteiger partial charge is 0.349 e. The average Bonchev–Trinajstić information content (AvgIpc) is 2.85. The van der Waals surface area contributed by atoms with Crippen LogP contribution in [0.2, 0.25) is 0 Å². The van der Waals surface area contributed by atoms with Crippen LogP contribution < -0.4 is 10.2 Å². The SMILES string of the molecule is CCC[NH+]1CCC(NC(=O)/C=C/c2ccc(C)s2)CC1. The fraction of sp³-hybridized carbons (Fsp3) is 0.562. The Balaban J connectivity index is 1.74. The molecule has 1 amide bonds. The number of hydrogen-bond acceptors (Lipinski definition) is 2. The van der Waals surface area contributed by atoms with Gasteiger partial charge in [0.05, 0.1) is 19.6 Å². The lowest BCUT2D eigenvalue weighted by molar-refractivity contribution is -0.905. The van der Waals surface area contributed by atoms with Crippen LogP contribution in [0.5, 0.6) is 0 Å². The average molecular weight is 293 g/mol. The summed E-state index contributed by atoms with van der Waals surface area (Å²) in [7, 11) is 0. The van der Waals surface area contributed by atoms with Crippen LogP contribution in [0.1, 0.15) is 35.9 Å². The van der Waals surface area contributed by atoms with Crippen molar-refractivity contribution in [1.29, 1.82) is 0 Å². The van der Waals surface area contributed by atoms with Gasteiger partial charge in [0.25, 0.3) is 0 Å². The van der Waals surface area contributed by atoms with Crippen molar-refractivity contribution in [3.63, 3.8) is 0 Å². The molecular formula is C16H25N2OS+. The van der Waals surface area contributed by atoms with Crippen LogP contribution in [0, 0.1) is 6.92 Å². The third-order valence-corrected chi connectivity index (χ3v) is 4.77. The molecule has 2 N–H and O–H groups in total. The second kappa shape index (κ2) is 7.60. The number of aryl methyl sites for hydroxylation is 1. The number of hydrogen-bond donors (Lipinski definition) is 2. The predicted octanol–water partition coefficient (Wildman–Crippen LogP) is 1.64. The lowest BCUT2D eigenvalue weighted by Gasteiger charge is -2.29. The first kappa shape index (κ1) is 15.3. The summed E-state index contributed by atoms with van der Waals surface area (Å²) < 4.78 is 0. The van der Waals surface area contributed by atoms with Crippen LogP contribution in [0.4, 0.5) is 0 Å². The van der Waals surface area contributed by atoms with Crippen molar-refractivity contribution in [1.82, 2.24) is 5.32 Å². The maximum absolute atomic E-state index is 11.9. The molecule has 20 heavy (non-hydrogen) atoms. The molecule has 110 valence electrons. The van der Waals surface area contributed by atoms with Gasteiger partial charge in [0.15, 0.2) is 0 Å². The summed E-state index contributed by atoms with van der Waals surface area (Å²) in [4.78, 5) is 16.0. The minimum atomic E-state index is 0.0417. The molecule has 1 aliphatic heterocycles. The van der Waals surface area contributed by atoms with Gasteiger partial charge >= 0.3 is 0 Å². The van der Waals surface area contributed by atoms with E-state index in [1.807, 2.05) is 6.08 Å². The molecule has 0 unspecified atom stereocenters. The topological polar surface area (TPSA) is 33.5 Å². The van der Waals surface area contributed by atoms with Crippen LogP contribution in [0.25, 0.3) is 6.08 Å². The predicted molar refractivity (Wildman–Crippen MR) is 85.1 cm³/mol. The van der Waals surface area contributed by atoms with Gasteiger partial charge in [-0.1, -0.05) is 6.92 Å². The monoisotopic (exact) mass is 293 g/mol. The van der Waals surface area contributed by atoms with Crippen LogP contribution in [-0.4, -0.2) is 31.6 Å². The Bertz CT molecular complexity index is 459.